The summed E-state index contributed by atoms with van der Waals surface area (Å²) in [5.41, 5.74) is 3.30. The van der Waals surface area contributed by atoms with E-state index < -0.39 is 0 Å². The fourth-order valence-corrected chi connectivity index (χ4v) is 3.68. The van der Waals surface area contributed by atoms with E-state index in [1.54, 1.807) is 21.6 Å². The molecule has 0 aromatic carbocycles. The lowest BCUT2D eigenvalue weighted by Crippen LogP contribution is -2.15. The minimum atomic E-state index is 1.05. The number of nitrogens with zero attached hydrogens (tertiary/aromatic N) is 3. The molecule has 2 aliphatic heterocycles. The predicted octanol–water partition coefficient (Wildman–Crippen LogP) is 2.89. The van der Waals surface area contributed by atoms with Crippen LogP contribution in [0.1, 0.15) is 13.8 Å². The molecule has 2 heterocycles. The molecule has 0 unspecified atom stereocenters. The van der Waals surface area contributed by atoms with Crippen LogP contribution in [0.25, 0.3) is 0 Å². The summed E-state index contributed by atoms with van der Waals surface area (Å²) >= 11 is 0. The van der Waals surface area contributed by atoms with Crippen molar-refractivity contribution >= 4 is 32.5 Å². The van der Waals surface area contributed by atoms with Gasteiger partial charge in [-0.05, 0) is 41.5 Å². The Hall–Kier alpha value is -0.680. The van der Waals surface area contributed by atoms with Crippen LogP contribution in [0.4, 0.5) is 0 Å². The van der Waals surface area contributed by atoms with Crippen LogP contribution in [0.5, 0.6) is 0 Å². The molecule has 0 N–H and O–H groups in total. The number of allylic oxidation sites excluding steroid dienone is 3. The Bertz CT molecular complexity index is 416. The van der Waals surface area contributed by atoms with E-state index in [4.69, 9.17) is 0 Å². The van der Waals surface area contributed by atoms with Gasteiger partial charge in [0, 0.05) is 31.1 Å². The molecule has 0 aromatic heterocycles. The highest BCUT2D eigenvalue weighted by atomic mass is 33.1. The molecule has 0 fully saturated rings. The number of hydrogen-bond acceptors (Lipinski definition) is 5. The lowest BCUT2D eigenvalue weighted by molar-refractivity contribution is 0.637. The summed E-state index contributed by atoms with van der Waals surface area (Å²) in [5.74, 6) is 0. The first kappa shape index (κ1) is 10.8. The second-order valence-electron chi connectivity index (χ2n) is 3.66. The van der Waals surface area contributed by atoms with Crippen molar-refractivity contribution in [2.24, 2.45) is 9.98 Å². The molecule has 0 radical (unpaired) electrons. The number of rotatable bonds is 0. The van der Waals surface area contributed by atoms with E-state index in [-0.39, 0.29) is 0 Å². The van der Waals surface area contributed by atoms with Crippen molar-refractivity contribution in [1.82, 2.24) is 4.90 Å². The van der Waals surface area contributed by atoms with Crippen molar-refractivity contribution < 1.29 is 0 Å². The van der Waals surface area contributed by atoms with E-state index in [9.17, 15) is 0 Å². The Morgan fingerprint density at radius 1 is 1.13 bits per heavy atom. The molecule has 0 atom stereocenters. The van der Waals surface area contributed by atoms with Crippen molar-refractivity contribution in [2.75, 3.05) is 14.1 Å². The minimum absolute atomic E-state index is 1.05. The summed E-state index contributed by atoms with van der Waals surface area (Å²) in [5, 5.41) is 2.12. The van der Waals surface area contributed by atoms with Crippen molar-refractivity contribution in [3.05, 3.63) is 22.4 Å². The van der Waals surface area contributed by atoms with Gasteiger partial charge in [0.15, 0.2) is 5.17 Å². The SMILES string of the molecule is CC1=C/C(=C2\N=C(N(C)C)SS2)C(C)=N1. The molecule has 15 heavy (non-hydrogen) atoms. The molecular formula is C10H13N3S2. The average molecular weight is 239 g/mol. The second-order valence-corrected chi connectivity index (χ2v) is 5.74. The molecule has 0 saturated heterocycles. The highest BCUT2D eigenvalue weighted by Crippen LogP contribution is 2.42. The van der Waals surface area contributed by atoms with Gasteiger partial charge < -0.3 is 4.90 Å². The van der Waals surface area contributed by atoms with E-state index in [0.717, 1.165) is 21.6 Å². The van der Waals surface area contributed by atoms with E-state index in [2.05, 4.69) is 16.1 Å². The summed E-state index contributed by atoms with van der Waals surface area (Å²) in [6.07, 6.45) is 2.10. The van der Waals surface area contributed by atoms with Crippen LogP contribution in [0.3, 0.4) is 0 Å². The minimum Gasteiger partial charge on any atom is -0.357 e. The summed E-state index contributed by atoms with van der Waals surface area (Å²) in [6.45, 7) is 4.05. The molecule has 0 aromatic rings. The van der Waals surface area contributed by atoms with E-state index >= 15 is 0 Å². The number of hydrogen-bond donors (Lipinski definition) is 0. The third kappa shape index (κ3) is 2.13. The summed E-state index contributed by atoms with van der Waals surface area (Å²) < 4.78 is 0. The fraction of sp³-hybridized carbons (Fsp3) is 0.400. The lowest BCUT2D eigenvalue weighted by Gasteiger charge is -2.07. The summed E-state index contributed by atoms with van der Waals surface area (Å²) in [7, 11) is 7.43. The zero-order chi connectivity index (χ0) is 11.0. The maximum atomic E-state index is 4.58. The second kappa shape index (κ2) is 4.06. The summed E-state index contributed by atoms with van der Waals surface area (Å²) in [6, 6.07) is 0. The monoisotopic (exact) mass is 239 g/mol. The third-order valence-corrected chi connectivity index (χ3v) is 4.42. The third-order valence-electron chi connectivity index (χ3n) is 2.09. The van der Waals surface area contributed by atoms with Crippen molar-refractivity contribution in [1.29, 1.82) is 0 Å². The number of aliphatic imine (C=N–C) groups is 2. The Kier molecular flexibility index (Phi) is 2.93. The molecule has 0 saturated carbocycles. The smallest absolute Gasteiger partial charge is 0.175 e. The Morgan fingerprint density at radius 2 is 1.87 bits per heavy atom. The van der Waals surface area contributed by atoms with Crippen molar-refractivity contribution in [3.63, 3.8) is 0 Å². The molecule has 5 heteroatoms. The molecule has 0 bridgehead atoms. The summed E-state index contributed by atoms with van der Waals surface area (Å²) in [4.78, 5) is 11.0. The van der Waals surface area contributed by atoms with Crippen molar-refractivity contribution in [3.8, 4) is 0 Å². The molecule has 80 valence electrons. The van der Waals surface area contributed by atoms with E-state index in [0.29, 0.717) is 0 Å². The van der Waals surface area contributed by atoms with E-state index in [1.807, 2.05) is 32.8 Å². The Morgan fingerprint density at radius 3 is 2.33 bits per heavy atom. The van der Waals surface area contributed by atoms with Crippen LogP contribution >= 0.6 is 21.6 Å². The van der Waals surface area contributed by atoms with Gasteiger partial charge in [-0.25, -0.2) is 4.99 Å². The zero-order valence-electron chi connectivity index (χ0n) is 9.24. The first-order valence-corrected chi connectivity index (χ1v) is 6.81. The normalized spacial score (nSPS) is 25.2. The maximum Gasteiger partial charge on any atom is 0.175 e. The molecule has 3 nitrogen and oxygen atoms in total. The Balaban J connectivity index is 2.34. The van der Waals surface area contributed by atoms with Gasteiger partial charge in [0.1, 0.15) is 5.03 Å². The standard InChI is InChI=1S/C10H13N3S2/c1-6-5-8(7(2)11-6)9-12-10(13(3)4)15-14-9/h5H,1-4H3/b9-8-. The zero-order valence-corrected chi connectivity index (χ0v) is 10.9. The van der Waals surface area contributed by atoms with Gasteiger partial charge in [-0.1, -0.05) is 0 Å². The van der Waals surface area contributed by atoms with Crippen LogP contribution in [-0.2, 0) is 0 Å². The molecule has 0 aliphatic carbocycles. The molecule has 0 spiro atoms. The number of amidine groups is 1. The van der Waals surface area contributed by atoms with Gasteiger partial charge in [-0.3, -0.25) is 4.99 Å². The Labute approximate surface area is 97.8 Å². The van der Waals surface area contributed by atoms with Crippen LogP contribution < -0.4 is 0 Å². The molecule has 2 rings (SSSR count). The first-order chi connectivity index (χ1) is 7.08. The van der Waals surface area contributed by atoms with Crippen LogP contribution in [0.15, 0.2) is 32.4 Å². The molecule has 2 aliphatic rings. The largest absolute Gasteiger partial charge is 0.357 e. The van der Waals surface area contributed by atoms with Gasteiger partial charge in [-0.2, -0.15) is 0 Å². The topological polar surface area (TPSA) is 28.0 Å². The quantitative estimate of drug-likeness (QED) is 0.608. The van der Waals surface area contributed by atoms with Crippen LogP contribution in [0, 0.1) is 0 Å². The van der Waals surface area contributed by atoms with Crippen molar-refractivity contribution in [2.45, 2.75) is 13.8 Å². The highest BCUT2D eigenvalue weighted by molar-refractivity contribution is 8.84. The van der Waals surface area contributed by atoms with E-state index in [1.165, 1.54) is 5.57 Å². The highest BCUT2D eigenvalue weighted by Gasteiger charge is 2.21. The average Bonchev–Trinajstić information content (AvgIpc) is 2.71. The lowest BCUT2D eigenvalue weighted by atomic mass is 10.2. The van der Waals surface area contributed by atoms with Crippen LogP contribution in [-0.4, -0.2) is 29.9 Å². The van der Waals surface area contributed by atoms with Gasteiger partial charge >= 0.3 is 0 Å². The molecule has 0 amide bonds. The van der Waals surface area contributed by atoms with Gasteiger partial charge in [0.25, 0.3) is 0 Å². The fourth-order valence-electron chi connectivity index (χ4n) is 1.37. The maximum absolute atomic E-state index is 4.58. The first-order valence-electron chi connectivity index (χ1n) is 4.66. The van der Waals surface area contributed by atoms with Gasteiger partial charge in [0.2, 0.25) is 0 Å². The van der Waals surface area contributed by atoms with Gasteiger partial charge in [0.05, 0.1) is 0 Å². The predicted molar refractivity (Wildman–Crippen MR) is 70.2 cm³/mol. The molecular weight excluding hydrogens is 226 g/mol. The van der Waals surface area contributed by atoms with Gasteiger partial charge in [-0.15, -0.1) is 0 Å². The van der Waals surface area contributed by atoms with Crippen LogP contribution in [0.2, 0.25) is 0 Å².